The summed E-state index contributed by atoms with van der Waals surface area (Å²) < 4.78 is 5.47. The van der Waals surface area contributed by atoms with E-state index in [0.29, 0.717) is 6.42 Å². The highest BCUT2D eigenvalue weighted by molar-refractivity contribution is 7.98. The summed E-state index contributed by atoms with van der Waals surface area (Å²) in [6.45, 7) is 4.57. The molecule has 0 aromatic heterocycles. The molecule has 0 atom stereocenters. The fourth-order valence-corrected chi connectivity index (χ4v) is 3.88. The van der Waals surface area contributed by atoms with Gasteiger partial charge in [0.2, 0.25) is 5.91 Å². The van der Waals surface area contributed by atoms with E-state index in [0.717, 1.165) is 54.7 Å². The highest BCUT2D eigenvalue weighted by atomic mass is 32.2. The van der Waals surface area contributed by atoms with Crippen molar-refractivity contribution in [2.45, 2.75) is 11.3 Å². The van der Waals surface area contributed by atoms with Gasteiger partial charge in [-0.05, 0) is 30.5 Å². The fraction of sp³-hybridized carbons (Fsp3) is 0.381. The van der Waals surface area contributed by atoms with Crippen LogP contribution in [0.25, 0.3) is 0 Å². The zero-order valence-corrected chi connectivity index (χ0v) is 16.8. The molecule has 1 heterocycles. The van der Waals surface area contributed by atoms with E-state index in [1.165, 1.54) is 0 Å². The third-order valence-electron chi connectivity index (χ3n) is 4.83. The number of para-hydroxylation sites is 3. The Labute approximate surface area is 165 Å². The molecule has 1 aliphatic heterocycles. The van der Waals surface area contributed by atoms with Crippen LogP contribution in [0.15, 0.2) is 53.4 Å². The van der Waals surface area contributed by atoms with Crippen molar-refractivity contribution in [3.63, 3.8) is 0 Å². The highest BCUT2D eigenvalue weighted by Gasteiger charge is 2.20. The number of benzene rings is 2. The zero-order valence-electron chi connectivity index (χ0n) is 16.0. The van der Waals surface area contributed by atoms with E-state index in [2.05, 4.69) is 21.2 Å². The second-order valence-electron chi connectivity index (χ2n) is 6.50. The molecule has 0 saturated carbocycles. The molecule has 0 unspecified atom stereocenters. The first-order chi connectivity index (χ1) is 13.2. The van der Waals surface area contributed by atoms with Gasteiger partial charge in [0.1, 0.15) is 5.75 Å². The average molecular weight is 386 g/mol. The number of anilines is 2. The molecule has 27 heavy (non-hydrogen) atoms. The molecule has 0 spiro atoms. The molecule has 0 radical (unpaired) electrons. The molecular weight excluding hydrogens is 358 g/mol. The van der Waals surface area contributed by atoms with Crippen molar-refractivity contribution in [1.29, 1.82) is 0 Å². The van der Waals surface area contributed by atoms with Gasteiger partial charge in [0.25, 0.3) is 0 Å². The van der Waals surface area contributed by atoms with Crippen LogP contribution in [0.3, 0.4) is 0 Å². The molecule has 1 saturated heterocycles. The molecule has 1 aliphatic rings. The maximum atomic E-state index is 12.3. The van der Waals surface area contributed by atoms with E-state index in [1.54, 1.807) is 18.9 Å². The van der Waals surface area contributed by atoms with E-state index in [-0.39, 0.29) is 5.91 Å². The number of rotatable bonds is 7. The van der Waals surface area contributed by atoms with E-state index in [1.807, 2.05) is 48.7 Å². The van der Waals surface area contributed by atoms with E-state index in [9.17, 15) is 4.79 Å². The Morgan fingerprint density at radius 3 is 2.52 bits per heavy atom. The molecule has 2 aromatic carbocycles. The largest absolute Gasteiger partial charge is 0.495 e. The monoisotopic (exact) mass is 385 g/mol. The minimum atomic E-state index is 0.0728. The predicted octanol–water partition coefficient (Wildman–Crippen LogP) is 3.57. The van der Waals surface area contributed by atoms with Crippen LogP contribution in [0.5, 0.6) is 5.75 Å². The summed E-state index contributed by atoms with van der Waals surface area (Å²) in [5, 5.41) is 3.04. The van der Waals surface area contributed by atoms with Crippen molar-refractivity contribution in [2.75, 3.05) is 56.3 Å². The van der Waals surface area contributed by atoms with Gasteiger partial charge >= 0.3 is 0 Å². The summed E-state index contributed by atoms with van der Waals surface area (Å²) in [4.78, 5) is 18.1. The van der Waals surface area contributed by atoms with Gasteiger partial charge < -0.3 is 15.0 Å². The van der Waals surface area contributed by atoms with Gasteiger partial charge in [-0.1, -0.05) is 24.3 Å². The number of nitrogens with one attached hydrogen (secondary N) is 1. The van der Waals surface area contributed by atoms with Crippen LogP contribution in [0.1, 0.15) is 6.42 Å². The van der Waals surface area contributed by atoms with E-state index in [4.69, 9.17) is 4.74 Å². The van der Waals surface area contributed by atoms with Crippen molar-refractivity contribution < 1.29 is 9.53 Å². The summed E-state index contributed by atoms with van der Waals surface area (Å²) in [5.41, 5.74) is 2.04. The molecule has 5 nitrogen and oxygen atoms in total. The first-order valence-electron chi connectivity index (χ1n) is 9.24. The SMILES string of the molecule is COc1ccccc1N1CCN(CCC(=O)Nc2ccccc2SC)CC1. The van der Waals surface area contributed by atoms with Crippen LogP contribution < -0.4 is 15.0 Å². The Morgan fingerprint density at radius 1 is 1.07 bits per heavy atom. The van der Waals surface area contributed by atoms with Gasteiger partial charge in [-0.3, -0.25) is 9.69 Å². The van der Waals surface area contributed by atoms with E-state index >= 15 is 0 Å². The number of ether oxygens (including phenoxy) is 1. The van der Waals surface area contributed by atoms with Gasteiger partial charge in [-0.2, -0.15) is 0 Å². The molecular formula is C21H27N3O2S. The van der Waals surface area contributed by atoms with Gasteiger partial charge in [-0.25, -0.2) is 0 Å². The molecule has 0 bridgehead atoms. The Kier molecular flexibility index (Phi) is 7.01. The van der Waals surface area contributed by atoms with Crippen molar-refractivity contribution in [3.8, 4) is 5.75 Å². The fourth-order valence-electron chi connectivity index (χ4n) is 3.32. The predicted molar refractivity (Wildman–Crippen MR) is 113 cm³/mol. The summed E-state index contributed by atoms with van der Waals surface area (Å²) in [6, 6.07) is 16.1. The minimum absolute atomic E-state index is 0.0728. The van der Waals surface area contributed by atoms with Gasteiger partial charge in [0.05, 0.1) is 18.5 Å². The van der Waals surface area contributed by atoms with Crippen LogP contribution in [0.4, 0.5) is 11.4 Å². The number of amides is 1. The third-order valence-corrected chi connectivity index (χ3v) is 5.63. The van der Waals surface area contributed by atoms with Crippen molar-refractivity contribution in [1.82, 2.24) is 4.90 Å². The number of piperazine rings is 1. The Balaban J connectivity index is 1.46. The second kappa shape index (κ2) is 9.67. The van der Waals surface area contributed by atoms with Crippen molar-refractivity contribution in [2.24, 2.45) is 0 Å². The average Bonchev–Trinajstić information content (AvgIpc) is 2.73. The topological polar surface area (TPSA) is 44.8 Å². The van der Waals surface area contributed by atoms with Crippen LogP contribution in [-0.4, -0.2) is 56.9 Å². The first kappa shape index (κ1) is 19.6. The van der Waals surface area contributed by atoms with Crippen LogP contribution in [-0.2, 0) is 4.79 Å². The number of methoxy groups -OCH3 is 1. The molecule has 1 fully saturated rings. The van der Waals surface area contributed by atoms with Gasteiger partial charge in [0.15, 0.2) is 0 Å². The van der Waals surface area contributed by atoms with Crippen molar-refractivity contribution >= 4 is 29.0 Å². The van der Waals surface area contributed by atoms with Gasteiger partial charge in [0, 0.05) is 44.0 Å². The molecule has 1 amide bonds. The Morgan fingerprint density at radius 2 is 1.78 bits per heavy atom. The molecule has 6 heteroatoms. The number of hydrogen-bond donors (Lipinski definition) is 1. The smallest absolute Gasteiger partial charge is 0.225 e. The summed E-state index contributed by atoms with van der Waals surface area (Å²) in [5.74, 6) is 0.987. The number of hydrogen-bond acceptors (Lipinski definition) is 5. The lowest BCUT2D eigenvalue weighted by molar-refractivity contribution is -0.116. The van der Waals surface area contributed by atoms with E-state index < -0.39 is 0 Å². The normalized spacial score (nSPS) is 14.8. The van der Waals surface area contributed by atoms with Crippen LogP contribution in [0, 0.1) is 0 Å². The third kappa shape index (κ3) is 5.17. The molecule has 144 valence electrons. The number of nitrogens with zero attached hydrogens (tertiary/aromatic N) is 2. The number of carbonyl (C=O) groups excluding carboxylic acids is 1. The standard InChI is InChI=1S/C21H27N3O2S/c1-26-19-9-5-4-8-18(19)24-15-13-23(14-16-24)12-11-21(25)22-17-7-3-6-10-20(17)27-2/h3-10H,11-16H2,1-2H3,(H,22,25). The van der Waals surface area contributed by atoms with Gasteiger partial charge in [-0.15, -0.1) is 11.8 Å². The molecule has 0 aliphatic carbocycles. The van der Waals surface area contributed by atoms with Crippen molar-refractivity contribution in [3.05, 3.63) is 48.5 Å². The lowest BCUT2D eigenvalue weighted by atomic mass is 10.2. The zero-order chi connectivity index (χ0) is 19.1. The Hall–Kier alpha value is -2.18. The minimum Gasteiger partial charge on any atom is -0.495 e. The first-order valence-corrected chi connectivity index (χ1v) is 10.5. The lowest BCUT2D eigenvalue weighted by Gasteiger charge is -2.36. The maximum Gasteiger partial charge on any atom is 0.225 e. The second-order valence-corrected chi connectivity index (χ2v) is 7.35. The number of carbonyl (C=O) groups is 1. The summed E-state index contributed by atoms with van der Waals surface area (Å²) >= 11 is 1.64. The molecule has 2 aromatic rings. The Bertz CT molecular complexity index is 761. The quantitative estimate of drug-likeness (QED) is 0.738. The number of thioether (sulfide) groups is 1. The lowest BCUT2D eigenvalue weighted by Crippen LogP contribution is -2.47. The highest BCUT2D eigenvalue weighted by Crippen LogP contribution is 2.28. The summed E-state index contributed by atoms with van der Waals surface area (Å²) in [6.07, 6.45) is 2.53. The van der Waals surface area contributed by atoms with Crippen LogP contribution >= 0.6 is 11.8 Å². The molecule has 3 rings (SSSR count). The maximum absolute atomic E-state index is 12.3. The molecule has 1 N–H and O–H groups in total. The summed E-state index contributed by atoms with van der Waals surface area (Å²) in [7, 11) is 1.71. The van der Waals surface area contributed by atoms with Crippen LogP contribution in [0.2, 0.25) is 0 Å².